The monoisotopic (exact) mass is 178 g/mol. The minimum Gasteiger partial charge on any atom is -0.481 e. The predicted molar refractivity (Wildman–Crippen MR) is 32.1 cm³/mol. The van der Waals surface area contributed by atoms with Crippen LogP contribution in [-0.2, 0) is 31.3 Å². The van der Waals surface area contributed by atoms with Gasteiger partial charge in [0.15, 0.2) is 0 Å². The van der Waals surface area contributed by atoms with E-state index in [9.17, 15) is 9.59 Å². The zero-order valence-corrected chi connectivity index (χ0v) is 7.61. The molecule has 0 aromatic carbocycles. The van der Waals surface area contributed by atoms with E-state index in [2.05, 4.69) is 0 Å². The van der Waals surface area contributed by atoms with Crippen LogP contribution in [0.25, 0.3) is 0 Å². The van der Waals surface area contributed by atoms with Crippen LogP contribution in [0.2, 0.25) is 0 Å². The Kier molecular flexibility index (Phi) is 7.04. The molecule has 3 nitrogen and oxygen atoms in total. The molecule has 0 aliphatic carbocycles. The van der Waals surface area contributed by atoms with Crippen molar-refractivity contribution in [1.29, 1.82) is 0 Å². The second kappa shape index (κ2) is 5.62. The third kappa shape index (κ3) is 3.80. The molecule has 1 N–H and O–H groups in total. The van der Waals surface area contributed by atoms with Crippen LogP contribution in [0.5, 0.6) is 0 Å². The van der Waals surface area contributed by atoms with Gasteiger partial charge in [-0.1, -0.05) is 6.92 Å². The van der Waals surface area contributed by atoms with Crippen molar-refractivity contribution in [2.75, 3.05) is 0 Å². The molecule has 0 aliphatic heterocycles. The molecule has 0 radical (unpaired) electrons. The fourth-order valence-corrected chi connectivity index (χ4v) is 0.636. The predicted octanol–water partition coefficient (Wildman–Crippen LogP) is 0.684. The van der Waals surface area contributed by atoms with E-state index in [1.165, 1.54) is 6.92 Å². The molecule has 1 unspecified atom stereocenters. The first-order valence-corrected chi connectivity index (χ1v) is 2.82. The molecule has 0 heterocycles. The van der Waals surface area contributed by atoms with E-state index < -0.39 is 11.9 Å². The molecule has 1 atom stereocenters. The van der Waals surface area contributed by atoms with Crippen molar-refractivity contribution < 1.29 is 36.4 Å². The van der Waals surface area contributed by atoms with Gasteiger partial charge in [0.1, 0.15) is 11.7 Å². The van der Waals surface area contributed by atoms with Gasteiger partial charge in [-0.2, -0.15) is 0 Å². The van der Waals surface area contributed by atoms with Gasteiger partial charge < -0.3 is 5.11 Å². The summed E-state index contributed by atoms with van der Waals surface area (Å²) in [5.74, 6) is -2.10. The molecule has 0 aromatic rings. The van der Waals surface area contributed by atoms with Crippen LogP contribution in [0.1, 0.15) is 20.3 Å². The van der Waals surface area contributed by atoms with E-state index in [4.69, 9.17) is 5.11 Å². The van der Waals surface area contributed by atoms with Crippen molar-refractivity contribution >= 4 is 11.8 Å². The Morgan fingerprint density at radius 3 is 1.90 bits per heavy atom. The number of rotatable bonds is 3. The smallest absolute Gasteiger partial charge is 0.314 e. The largest absolute Gasteiger partial charge is 0.481 e. The minimum absolute atomic E-state index is 0. The molecule has 0 aromatic heterocycles. The van der Waals surface area contributed by atoms with Gasteiger partial charge in [-0.15, -0.1) is 0 Å². The molecule has 0 saturated carbocycles. The topological polar surface area (TPSA) is 54.4 Å². The van der Waals surface area contributed by atoms with Crippen LogP contribution in [0.4, 0.5) is 0 Å². The summed E-state index contributed by atoms with van der Waals surface area (Å²) in [6.45, 7) is 2.97. The van der Waals surface area contributed by atoms with Gasteiger partial charge >= 0.3 is 5.97 Å². The summed E-state index contributed by atoms with van der Waals surface area (Å²) in [5, 5.41) is 8.32. The van der Waals surface area contributed by atoms with Crippen molar-refractivity contribution in [3.8, 4) is 0 Å². The van der Waals surface area contributed by atoms with E-state index >= 15 is 0 Å². The first kappa shape index (κ1) is 12.5. The van der Waals surface area contributed by atoms with Crippen LogP contribution in [0.3, 0.4) is 0 Å². The van der Waals surface area contributed by atoms with Gasteiger partial charge in [-0.3, -0.25) is 9.59 Å². The summed E-state index contributed by atoms with van der Waals surface area (Å²) in [4.78, 5) is 20.6. The zero-order chi connectivity index (χ0) is 7.44. The Bertz CT molecular complexity index is 119. The maximum Gasteiger partial charge on any atom is 0.314 e. The van der Waals surface area contributed by atoms with E-state index in [1.807, 2.05) is 0 Å². The van der Waals surface area contributed by atoms with Crippen molar-refractivity contribution in [3.63, 3.8) is 0 Å². The molecule has 10 heavy (non-hydrogen) atoms. The summed E-state index contributed by atoms with van der Waals surface area (Å²) >= 11 is 0. The molecule has 0 bridgehead atoms. The Labute approximate surface area is 74.7 Å². The number of carboxylic acid groups (broad SMARTS) is 1. The molecule has 0 fully saturated rings. The van der Waals surface area contributed by atoms with Crippen LogP contribution < -0.4 is 0 Å². The molecule has 0 saturated heterocycles. The van der Waals surface area contributed by atoms with Crippen LogP contribution in [-0.4, -0.2) is 16.9 Å². The normalized spacial score (nSPS) is 11.4. The van der Waals surface area contributed by atoms with Gasteiger partial charge in [0, 0.05) is 21.7 Å². The quantitative estimate of drug-likeness (QED) is 0.510. The number of carboxylic acids is 1. The van der Waals surface area contributed by atoms with Crippen LogP contribution in [0, 0.1) is 5.92 Å². The molecule has 0 rings (SSSR count). The third-order valence-electron chi connectivity index (χ3n) is 1.20. The van der Waals surface area contributed by atoms with Crippen molar-refractivity contribution in [3.05, 3.63) is 0 Å². The number of carbonyl (C=O) groups excluding carboxylic acids is 1. The second-order valence-electron chi connectivity index (χ2n) is 1.91. The van der Waals surface area contributed by atoms with Crippen molar-refractivity contribution in [1.82, 2.24) is 0 Å². The molecule has 4 heteroatoms. The zero-order valence-electron chi connectivity index (χ0n) is 6.05. The van der Waals surface area contributed by atoms with Crippen LogP contribution in [0.15, 0.2) is 0 Å². The summed E-state index contributed by atoms with van der Waals surface area (Å²) in [6.07, 6.45) is 0.380. The maximum atomic E-state index is 10.4. The Morgan fingerprint density at radius 1 is 1.50 bits per heavy atom. The fraction of sp³-hybridized carbons (Fsp3) is 0.667. The van der Waals surface area contributed by atoms with Crippen LogP contribution >= 0.6 is 0 Å². The molecule has 0 spiro atoms. The first-order valence-electron chi connectivity index (χ1n) is 2.82. The molecule has 0 aliphatic rings. The van der Waals surface area contributed by atoms with Crippen molar-refractivity contribution in [2.45, 2.75) is 20.3 Å². The van der Waals surface area contributed by atoms with Gasteiger partial charge in [0.25, 0.3) is 0 Å². The van der Waals surface area contributed by atoms with E-state index in [-0.39, 0.29) is 27.5 Å². The minimum atomic E-state index is -1.02. The number of hydrogen-bond acceptors (Lipinski definition) is 2. The number of hydrogen-bond donors (Lipinski definition) is 1. The SMILES string of the molecule is CCC(C(C)=O)C(=O)O.[Ti]. The number of Topliss-reactive ketones (excluding diaryl/α,β-unsaturated/α-hetero) is 1. The van der Waals surface area contributed by atoms with Gasteiger partial charge in [0.2, 0.25) is 0 Å². The van der Waals surface area contributed by atoms with E-state index in [0.717, 1.165) is 0 Å². The standard InChI is InChI=1S/C6H10O3.Ti/c1-3-5(4(2)7)6(8)9;/h5H,3H2,1-2H3,(H,8,9);. The summed E-state index contributed by atoms with van der Waals surface area (Å²) < 4.78 is 0. The average Bonchev–Trinajstić information content (AvgIpc) is 1.64. The summed E-state index contributed by atoms with van der Waals surface area (Å²) in [5.41, 5.74) is 0. The van der Waals surface area contributed by atoms with Gasteiger partial charge in [-0.25, -0.2) is 0 Å². The number of carbonyl (C=O) groups is 2. The Morgan fingerprint density at radius 2 is 1.90 bits per heavy atom. The fourth-order valence-electron chi connectivity index (χ4n) is 0.636. The number of ketones is 1. The average molecular weight is 178 g/mol. The molecule has 0 amide bonds. The Hall–Kier alpha value is -0.146. The summed E-state index contributed by atoms with van der Waals surface area (Å²) in [6, 6.07) is 0. The van der Waals surface area contributed by atoms with Crippen molar-refractivity contribution in [2.24, 2.45) is 5.92 Å². The molecular weight excluding hydrogens is 168 g/mol. The van der Waals surface area contributed by atoms with E-state index in [0.29, 0.717) is 6.42 Å². The summed E-state index contributed by atoms with van der Waals surface area (Å²) in [7, 11) is 0. The van der Waals surface area contributed by atoms with Gasteiger partial charge in [0.05, 0.1) is 0 Å². The maximum absolute atomic E-state index is 10.4. The molecule has 56 valence electrons. The second-order valence-corrected chi connectivity index (χ2v) is 1.91. The molecular formula is C6H10O3Ti. The third-order valence-corrected chi connectivity index (χ3v) is 1.20. The Balaban J connectivity index is 0. The van der Waals surface area contributed by atoms with E-state index in [1.54, 1.807) is 6.92 Å². The first-order chi connectivity index (χ1) is 4.09. The number of aliphatic carboxylic acids is 1. The van der Waals surface area contributed by atoms with Gasteiger partial charge in [-0.05, 0) is 13.3 Å².